The van der Waals surface area contributed by atoms with Crippen LogP contribution in [0.2, 0.25) is 0 Å². The molecule has 0 unspecified atom stereocenters. The van der Waals surface area contributed by atoms with E-state index in [1.54, 1.807) is 22.6 Å². The fraction of sp³-hybridized carbons (Fsp3) is 0.500. The van der Waals surface area contributed by atoms with Gasteiger partial charge in [0.05, 0.1) is 0 Å². The summed E-state index contributed by atoms with van der Waals surface area (Å²) in [7, 11) is 0. The fourth-order valence-electron chi connectivity index (χ4n) is 0.154. The first-order valence-corrected chi connectivity index (χ1v) is 2.86. The van der Waals surface area contributed by atoms with Gasteiger partial charge in [0.2, 0.25) is 0 Å². The molecule has 0 aromatic heterocycles. The Morgan fingerprint density at radius 1 is 2.00 bits per heavy atom. The smallest absolute Gasteiger partial charge is 0.156 e. The molecule has 0 bridgehead atoms. The van der Waals surface area contributed by atoms with E-state index in [9.17, 15) is 4.39 Å². The quantitative estimate of drug-likeness (QED) is 0.570. The van der Waals surface area contributed by atoms with Gasteiger partial charge in [0.15, 0.2) is 3.83 Å². The third-order valence-electron chi connectivity index (χ3n) is 0.358. The molecule has 0 radical (unpaired) electrons. The van der Waals surface area contributed by atoms with Crippen molar-refractivity contribution in [3.8, 4) is 0 Å². The maximum atomic E-state index is 11.5. The van der Waals surface area contributed by atoms with E-state index in [1.807, 2.05) is 6.92 Å². The van der Waals surface area contributed by atoms with E-state index in [0.29, 0.717) is 0 Å². The lowest BCUT2D eigenvalue weighted by Crippen LogP contribution is -1.50. The zero-order valence-corrected chi connectivity index (χ0v) is 5.70. The second-order valence-corrected chi connectivity index (χ2v) is 1.93. The van der Waals surface area contributed by atoms with E-state index in [1.165, 1.54) is 6.08 Å². The molecule has 0 aliphatic heterocycles. The Bertz CT molecular complexity index is 54.6. The molecule has 0 N–H and O–H groups in total. The topological polar surface area (TPSA) is 0 Å². The first-order valence-electron chi connectivity index (χ1n) is 1.78. The molecule has 0 amide bonds. The summed E-state index contributed by atoms with van der Waals surface area (Å²) in [5.41, 5.74) is 0. The monoisotopic (exact) mass is 200 g/mol. The highest BCUT2D eigenvalue weighted by molar-refractivity contribution is 14.1. The minimum absolute atomic E-state index is 0.116. The van der Waals surface area contributed by atoms with Crippen molar-refractivity contribution in [2.45, 2.75) is 13.3 Å². The van der Waals surface area contributed by atoms with Crippen molar-refractivity contribution >= 4 is 22.6 Å². The Hall–Kier alpha value is 0.400. The molecule has 0 heterocycles. The van der Waals surface area contributed by atoms with E-state index in [4.69, 9.17) is 0 Å². The highest BCUT2D eigenvalue weighted by atomic mass is 127. The second kappa shape index (κ2) is 3.59. The van der Waals surface area contributed by atoms with Gasteiger partial charge in [-0.1, -0.05) is 6.92 Å². The standard InChI is InChI=1S/C4H6FI/c1-2-3-4(5)6/h3H,2H2,1H3. The molecule has 0 aliphatic carbocycles. The molecule has 0 atom stereocenters. The molecule has 0 aliphatic rings. The lowest BCUT2D eigenvalue weighted by atomic mass is 10.5. The number of hydrogen-bond acceptors (Lipinski definition) is 0. The first kappa shape index (κ1) is 6.40. The van der Waals surface area contributed by atoms with Crippen molar-refractivity contribution in [3.63, 3.8) is 0 Å². The van der Waals surface area contributed by atoms with Gasteiger partial charge in [-0.15, -0.1) is 0 Å². The summed E-state index contributed by atoms with van der Waals surface area (Å²) < 4.78 is 11.4. The lowest BCUT2D eigenvalue weighted by Gasteiger charge is -1.73. The molecule has 0 nitrogen and oxygen atoms in total. The van der Waals surface area contributed by atoms with E-state index in [0.717, 1.165) is 6.42 Å². The molecule has 0 saturated heterocycles. The van der Waals surface area contributed by atoms with Crippen LogP contribution in [0.1, 0.15) is 13.3 Å². The van der Waals surface area contributed by atoms with Crippen LogP contribution in [0.25, 0.3) is 0 Å². The summed E-state index contributed by atoms with van der Waals surface area (Å²) in [5.74, 6) is 0. The summed E-state index contributed by atoms with van der Waals surface area (Å²) in [4.78, 5) is 0. The van der Waals surface area contributed by atoms with Gasteiger partial charge in [0.25, 0.3) is 0 Å². The van der Waals surface area contributed by atoms with E-state index >= 15 is 0 Å². The highest BCUT2D eigenvalue weighted by Gasteiger charge is 1.75. The van der Waals surface area contributed by atoms with E-state index < -0.39 is 0 Å². The Balaban J connectivity index is 3.14. The van der Waals surface area contributed by atoms with Gasteiger partial charge in [-0.2, -0.15) is 0 Å². The minimum Gasteiger partial charge on any atom is -0.200 e. The van der Waals surface area contributed by atoms with Gasteiger partial charge in [0, 0.05) is 0 Å². The molecule has 0 aromatic carbocycles. The molecule has 6 heavy (non-hydrogen) atoms. The Morgan fingerprint density at radius 3 is 2.50 bits per heavy atom. The normalized spacial score (nSPS) is 12.2. The molecule has 0 aromatic rings. The van der Waals surface area contributed by atoms with Crippen LogP contribution in [0.4, 0.5) is 4.39 Å². The van der Waals surface area contributed by atoms with Crippen LogP contribution < -0.4 is 0 Å². The molecule has 0 spiro atoms. The van der Waals surface area contributed by atoms with Crippen molar-refractivity contribution in [2.75, 3.05) is 0 Å². The zero-order chi connectivity index (χ0) is 4.99. The molecule has 0 saturated carbocycles. The predicted molar refractivity (Wildman–Crippen MR) is 33.5 cm³/mol. The Kier molecular flexibility index (Phi) is 3.82. The lowest BCUT2D eigenvalue weighted by molar-refractivity contribution is 0.706. The van der Waals surface area contributed by atoms with Crippen molar-refractivity contribution in [3.05, 3.63) is 9.91 Å². The summed E-state index contributed by atoms with van der Waals surface area (Å²) in [6.07, 6.45) is 2.31. The minimum atomic E-state index is -0.116. The van der Waals surface area contributed by atoms with E-state index in [-0.39, 0.29) is 3.83 Å². The van der Waals surface area contributed by atoms with Crippen molar-refractivity contribution < 1.29 is 4.39 Å². The SMILES string of the molecule is CCC=C(F)I. The average Bonchev–Trinajstić information content (AvgIpc) is 1.35. The molecule has 0 rings (SSSR count). The molecular weight excluding hydrogens is 194 g/mol. The van der Waals surface area contributed by atoms with Gasteiger partial charge in [-0.25, -0.2) is 4.39 Å². The summed E-state index contributed by atoms with van der Waals surface area (Å²) in [6.45, 7) is 1.90. The number of rotatable bonds is 1. The number of halogens is 2. The Labute approximate surface area is 50.6 Å². The maximum Gasteiger partial charge on any atom is 0.156 e. The third-order valence-corrected chi connectivity index (χ3v) is 0.799. The second-order valence-electron chi connectivity index (χ2n) is 0.902. The van der Waals surface area contributed by atoms with Crippen LogP contribution in [-0.4, -0.2) is 0 Å². The summed E-state index contributed by atoms with van der Waals surface area (Å²) in [5, 5.41) is 0. The molecular formula is C4H6FI. The number of allylic oxidation sites excluding steroid dienone is 1. The van der Waals surface area contributed by atoms with E-state index in [2.05, 4.69) is 0 Å². The van der Waals surface area contributed by atoms with Crippen molar-refractivity contribution in [1.82, 2.24) is 0 Å². The first-order chi connectivity index (χ1) is 2.77. The molecule has 36 valence electrons. The molecule has 2 heteroatoms. The average molecular weight is 200 g/mol. The van der Waals surface area contributed by atoms with Gasteiger partial charge < -0.3 is 0 Å². The van der Waals surface area contributed by atoms with Gasteiger partial charge in [0.1, 0.15) is 0 Å². The third kappa shape index (κ3) is 4.40. The molecule has 0 fully saturated rings. The number of hydrogen-bond donors (Lipinski definition) is 0. The van der Waals surface area contributed by atoms with Gasteiger partial charge in [-0.05, 0) is 35.1 Å². The maximum absolute atomic E-state index is 11.5. The van der Waals surface area contributed by atoms with Gasteiger partial charge >= 0.3 is 0 Å². The van der Waals surface area contributed by atoms with Crippen LogP contribution in [0.15, 0.2) is 9.91 Å². The predicted octanol–water partition coefficient (Wildman–Crippen LogP) is 2.64. The van der Waals surface area contributed by atoms with Gasteiger partial charge in [-0.3, -0.25) is 0 Å². The van der Waals surface area contributed by atoms with Crippen LogP contribution in [0.5, 0.6) is 0 Å². The zero-order valence-electron chi connectivity index (χ0n) is 3.54. The summed E-state index contributed by atoms with van der Waals surface area (Å²) >= 11 is 1.64. The highest BCUT2D eigenvalue weighted by Crippen LogP contribution is 2.05. The van der Waals surface area contributed by atoms with Crippen LogP contribution >= 0.6 is 22.6 Å². The Morgan fingerprint density at radius 2 is 2.50 bits per heavy atom. The summed E-state index contributed by atoms with van der Waals surface area (Å²) in [6, 6.07) is 0. The van der Waals surface area contributed by atoms with Crippen LogP contribution in [-0.2, 0) is 0 Å². The van der Waals surface area contributed by atoms with Crippen LogP contribution in [0, 0.1) is 0 Å². The van der Waals surface area contributed by atoms with Crippen LogP contribution in [0.3, 0.4) is 0 Å². The fourth-order valence-corrected chi connectivity index (χ4v) is 0.595. The van der Waals surface area contributed by atoms with Crippen molar-refractivity contribution in [2.24, 2.45) is 0 Å². The largest absolute Gasteiger partial charge is 0.200 e. The van der Waals surface area contributed by atoms with Crippen molar-refractivity contribution in [1.29, 1.82) is 0 Å².